The van der Waals surface area contributed by atoms with E-state index in [1.807, 2.05) is 57.2 Å². The van der Waals surface area contributed by atoms with Gasteiger partial charge in [-0.2, -0.15) is 10.2 Å². The Morgan fingerprint density at radius 2 is 1.96 bits per heavy atom. The molecule has 1 aliphatic rings. The van der Waals surface area contributed by atoms with E-state index in [0.29, 0.717) is 13.2 Å². The third-order valence-corrected chi connectivity index (χ3v) is 4.85. The lowest BCUT2D eigenvalue weighted by Gasteiger charge is -2.41. The number of ether oxygens (including phenoxy) is 2. The Morgan fingerprint density at radius 3 is 2.54 bits per heavy atom. The van der Waals surface area contributed by atoms with Crippen LogP contribution in [0.5, 0.6) is 0 Å². The highest BCUT2D eigenvalue weighted by Crippen LogP contribution is 2.30. The number of cyclic esters (lactones) is 1. The van der Waals surface area contributed by atoms with Crippen LogP contribution in [-0.2, 0) is 9.47 Å². The number of benzene rings is 1. The molecule has 6 nitrogen and oxygen atoms in total. The summed E-state index contributed by atoms with van der Waals surface area (Å²) in [4.78, 5) is 14.2. The molecule has 26 heavy (non-hydrogen) atoms. The van der Waals surface area contributed by atoms with Gasteiger partial charge in [-0.25, -0.2) is 4.79 Å². The van der Waals surface area contributed by atoms with Crippen LogP contribution in [0.15, 0.2) is 36.4 Å². The summed E-state index contributed by atoms with van der Waals surface area (Å²) in [6.07, 6.45) is 0.449. The summed E-state index contributed by atoms with van der Waals surface area (Å²) in [5, 5.41) is 8.31. The predicted octanol–water partition coefficient (Wildman–Crippen LogP) is 3.76. The van der Waals surface area contributed by atoms with Crippen molar-refractivity contribution in [3.8, 4) is 11.3 Å². The second-order valence-corrected chi connectivity index (χ2v) is 7.05. The fourth-order valence-electron chi connectivity index (χ4n) is 3.19. The van der Waals surface area contributed by atoms with Gasteiger partial charge in [-0.05, 0) is 38.5 Å². The zero-order valence-electron chi connectivity index (χ0n) is 15.7. The SMILES string of the molecule is COC[C@]1(C)CCN([C@@H](C)c2ccc(-c3ccc(C)nn3)cc2)C(=O)O1. The molecule has 0 N–H and O–H groups in total. The van der Waals surface area contributed by atoms with Crippen LogP contribution in [0.1, 0.15) is 37.6 Å². The Hall–Kier alpha value is -2.47. The molecule has 0 bridgehead atoms. The second kappa shape index (κ2) is 7.41. The fraction of sp³-hybridized carbons (Fsp3) is 0.450. The Labute approximate surface area is 154 Å². The van der Waals surface area contributed by atoms with Gasteiger partial charge in [0.25, 0.3) is 0 Å². The zero-order chi connectivity index (χ0) is 18.7. The molecule has 0 spiro atoms. The van der Waals surface area contributed by atoms with Crippen molar-refractivity contribution in [2.24, 2.45) is 0 Å². The zero-order valence-corrected chi connectivity index (χ0v) is 15.7. The van der Waals surface area contributed by atoms with Crippen molar-refractivity contribution >= 4 is 6.09 Å². The summed E-state index contributed by atoms with van der Waals surface area (Å²) < 4.78 is 10.8. The minimum Gasteiger partial charge on any atom is -0.441 e. The molecule has 1 fully saturated rings. The van der Waals surface area contributed by atoms with Crippen LogP contribution in [0.2, 0.25) is 0 Å². The molecule has 138 valence electrons. The molecule has 1 saturated heterocycles. The molecule has 2 aromatic rings. The highest BCUT2D eigenvalue weighted by atomic mass is 16.6. The van der Waals surface area contributed by atoms with Gasteiger partial charge >= 0.3 is 6.09 Å². The smallest absolute Gasteiger partial charge is 0.410 e. The van der Waals surface area contributed by atoms with Crippen LogP contribution in [0.4, 0.5) is 4.79 Å². The van der Waals surface area contributed by atoms with Gasteiger partial charge in [0, 0.05) is 25.6 Å². The van der Waals surface area contributed by atoms with Gasteiger partial charge in [0.05, 0.1) is 24.0 Å². The number of nitrogens with zero attached hydrogens (tertiary/aromatic N) is 3. The Balaban J connectivity index is 1.71. The quantitative estimate of drug-likeness (QED) is 0.817. The van der Waals surface area contributed by atoms with Gasteiger partial charge < -0.3 is 14.4 Å². The lowest BCUT2D eigenvalue weighted by molar-refractivity contribution is -0.0804. The van der Waals surface area contributed by atoms with E-state index in [0.717, 1.165) is 28.9 Å². The number of aryl methyl sites for hydroxylation is 1. The highest BCUT2D eigenvalue weighted by Gasteiger charge is 2.38. The number of carbonyl (C=O) groups is 1. The molecule has 2 atom stereocenters. The van der Waals surface area contributed by atoms with Gasteiger partial charge in [0.15, 0.2) is 0 Å². The normalized spacial score (nSPS) is 21.4. The van der Waals surface area contributed by atoms with Crippen LogP contribution in [0.3, 0.4) is 0 Å². The summed E-state index contributed by atoms with van der Waals surface area (Å²) in [5.74, 6) is 0. The number of hydrogen-bond donors (Lipinski definition) is 0. The summed E-state index contributed by atoms with van der Waals surface area (Å²) in [6, 6.07) is 11.9. The van der Waals surface area contributed by atoms with E-state index in [9.17, 15) is 4.79 Å². The van der Waals surface area contributed by atoms with Crippen LogP contribution in [0.25, 0.3) is 11.3 Å². The minimum absolute atomic E-state index is 0.0623. The van der Waals surface area contributed by atoms with Crippen molar-refractivity contribution in [3.63, 3.8) is 0 Å². The van der Waals surface area contributed by atoms with E-state index in [4.69, 9.17) is 9.47 Å². The number of amides is 1. The molecule has 1 aliphatic heterocycles. The van der Waals surface area contributed by atoms with E-state index >= 15 is 0 Å². The van der Waals surface area contributed by atoms with Crippen LogP contribution in [-0.4, -0.2) is 47.1 Å². The molecule has 2 heterocycles. The molecule has 3 rings (SSSR count). The topological polar surface area (TPSA) is 64.5 Å². The molecule has 1 aromatic carbocycles. The number of hydrogen-bond acceptors (Lipinski definition) is 5. The van der Waals surface area contributed by atoms with Gasteiger partial charge in [0.1, 0.15) is 5.60 Å². The number of carbonyl (C=O) groups excluding carboxylic acids is 1. The first-order valence-corrected chi connectivity index (χ1v) is 8.81. The Bertz CT molecular complexity index is 761. The molecule has 1 aromatic heterocycles. The average Bonchev–Trinajstić information content (AvgIpc) is 2.62. The van der Waals surface area contributed by atoms with Crippen molar-refractivity contribution in [2.45, 2.75) is 38.8 Å². The molecule has 6 heteroatoms. The number of methoxy groups -OCH3 is 1. The molecule has 0 unspecified atom stereocenters. The summed E-state index contributed by atoms with van der Waals surface area (Å²) in [5.41, 5.74) is 3.24. The first-order valence-electron chi connectivity index (χ1n) is 8.81. The van der Waals surface area contributed by atoms with E-state index in [1.54, 1.807) is 12.0 Å². The minimum atomic E-state index is -0.546. The molecule has 0 aliphatic carbocycles. The highest BCUT2D eigenvalue weighted by molar-refractivity contribution is 5.70. The van der Waals surface area contributed by atoms with E-state index < -0.39 is 5.60 Å². The number of aromatic nitrogens is 2. The van der Waals surface area contributed by atoms with Gasteiger partial charge in [-0.3, -0.25) is 0 Å². The second-order valence-electron chi connectivity index (χ2n) is 7.05. The molecule has 0 saturated carbocycles. The van der Waals surface area contributed by atoms with Crippen LogP contribution < -0.4 is 0 Å². The summed E-state index contributed by atoms with van der Waals surface area (Å²) >= 11 is 0. The van der Waals surface area contributed by atoms with Crippen molar-refractivity contribution in [2.75, 3.05) is 20.3 Å². The molecule has 1 amide bonds. The van der Waals surface area contributed by atoms with E-state index in [1.165, 1.54) is 0 Å². The lowest BCUT2D eigenvalue weighted by atomic mass is 9.99. The Morgan fingerprint density at radius 1 is 1.23 bits per heavy atom. The van der Waals surface area contributed by atoms with Gasteiger partial charge in [-0.15, -0.1) is 0 Å². The first kappa shape index (κ1) is 18.3. The fourth-order valence-corrected chi connectivity index (χ4v) is 3.19. The van der Waals surface area contributed by atoms with E-state index in [2.05, 4.69) is 10.2 Å². The monoisotopic (exact) mass is 355 g/mol. The maximum absolute atomic E-state index is 12.4. The van der Waals surface area contributed by atoms with Gasteiger partial charge in [-0.1, -0.05) is 24.3 Å². The lowest BCUT2D eigenvalue weighted by Crippen LogP contribution is -2.50. The largest absolute Gasteiger partial charge is 0.441 e. The average molecular weight is 355 g/mol. The van der Waals surface area contributed by atoms with Gasteiger partial charge in [0.2, 0.25) is 0 Å². The first-order chi connectivity index (χ1) is 12.4. The maximum atomic E-state index is 12.4. The third-order valence-electron chi connectivity index (χ3n) is 4.85. The van der Waals surface area contributed by atoms with Crippen LogP contribution in [0, 0.1) is 6.92 Å². The summed E-state index contributed by atoms with van der Waals surface area (Å²) in [6.45, 7) is 6.89. The maximum Gasteiger partial charge on any atom is 0.410 e. The molecular weight excluding hydrogens is 330 g/mol. The van der Waals surface area contributed by atoms with Crippen molar-refractivity contribution < 1.29 is 14.3 Å². The molecule has 0 radical (unpaired) electrons. The standard InChI is InChI=1S/C20H25N3O3/c1-14-5-10-18(22-21-14)17-8-6-16(7-9-17)15(2)23-12-11-20(3,13-25-4)26-19(23)24/h5-10,15H,11-13H2,1-4H3/t15-,20-/m0/s1. The van der Waals surface area contributed by atoms with Crippen LogP contribution >= 0.6 is 0 Å². The van der Waals surface area contributed by atoms with Crippen molar-refractivity contribution in [3.05, 3.63) is 47.7 Å². The third kappa shape index (κ3) is 3.85. The van der Waals surface area contributed by atoms with E-state index in [-0.39, 0.29) is 12.1 Å². The molecular formula is C20H25N3O3. The van der Waals surface area contributed by atoms with Crippen molar-refractivity contribution in [1.82, 2.24) is 15.1 Å². The Kier molecular flexibility index (Phi) is 5.23. The number of rotatable bonds is 5. The predicted molar refractivity (Wildman–Crippen MR) is 98.7 cm³/mol. The van der Waals surface area contributed by atoms with Crippen molar-refractivity contribution in [1.29, 1.82) is 0 Å². The summed E-state index contributed by atoms with van der Waals surface area (Å²) in [7, 11) is 1.62.